The molecule has 1 heterocycles. The lowest BCUT2D eigenvalue weighted by Gasteiger charge is -2.23. The van der Waals surface area contributed by atoms with E-state index in [9.17, 15) is 0 Å². The third-order valence-corrected chi connectivity index (χ3v) is 4.32. The van der Waals surface area contributed by atoms with Gasteiger partial charge in [0, 0.05) is 12.6 Å². The fourth-order valence-electron chi connectivity index (χ4n) is 3.04. The van der Waals surface area contributed by atoms with Crippen molar-refractivity contribution >= 4 is 5.96 Å². The van der Waals surface area contributed by atoms with E-state index in [1.807, 2.05) is 19.1 Å². The summed E-state index contributed by atoms with van der Waals surface area (Å²) in [6, 6.07) is 6.67. The number of methoxy groups -OCH3 is 1. The Morgan fingerprint density at radius 1 is 1.50 bits per heavy atom. The Morgan fingerprint density at radius 2 is 2.32 bits per heavy atom. The molecule has 1 aromatic rings. The fraction of sp³-hybridized carbons (Fsp3) is 0.588. The molecule has 2 rings (SSSR count). The van der Waals surface area contributed by atoms with Crippen LogP contribution in [0.15, 0.2) is 23.2 Å². The van der Waals surface area contributed by atoms with Crippen molar-refractivity contribution in [3.63, 3.8) is 0 Å². The Bertz CT molecular complexity index is 515. The van der Waals surface area contributed by atoms with E-state index in [2.05, 4.69) is 28.2 Å². The second kappa shape index (κ2) is 8.03. The molecule has 1 atom stereocenters. The second-order valence-electron chi connectivity index (χ2n) is 5.81. The molecule has 0 radical (unpaired) electrons. The van der Waals surface area contributed by atoms with Gasteiger partial charge in [-0.15, -0.1) is 0 Å². The first kappa shape index (κ1) is 16.6. The standard InChI is InChI=1S/C17H28N4O/c1-4-21-9-5-6-15(21)12-20-17(18)19-11-14-7-8-16(22-3)13(2)10-14/h7-8,10,15H,4-6,9,11-12H2,1-3H3,(H3,18,19,20). The van der Waals surface area contributed by atoms with Crippen molar-refractivity contribution in [1.82, 2.24) is 10.2 Å². The van der Waals surface area contributed by atoms with Crippen LogP contribution in [0.25, 0.3) is 0 Å². The van der Waals surface area contributed by atoms with Crippen LogP contribution in [-0.4, -0.2) is 43.6 Å². The Morgan fingerprint density at radius 3 is 3.00 bits per heavy atom. The van der Waals surface area contributed by atoms with Gasteiger partial charge in [0.1, 0.15) is 5.75 Å². The quantitative estimate of drug-likeness (QED) is 0.622. The number of aryl methyl sites for hydroxylation is 1. The minimum atomic E-state index is 0.524. The number of guanidine groups is 1. The number of ether oxygens (including phenoxy) is 1. The average Bonchev–Trinajstić information content (AvgIpc) is 2.98. The molecule has 5 nitrogen and oxygen atoms in total. The predicted octanol–water partition coefficient (Wildman–Crippen LogP) is 1.89. The molecule has 1 fully saturated rings. The van der Waals surface area contributed by atoms with E-state index >= 15 is 0 Å². The summed E-state index contributed by atoms with van der Waals surface area (Å²) in [5.41, 5.74) is 8.23. The van der Waals surface area contributed by atoms with Gasteiger partial charge in [0.15, 0.2) is 5.96 Å². The van der Waals surface area contributed by atoms with Gasteiger partial charge in [-0.1, -0.05) is 19.1 Å². The summed E-state index contributed by atoms with van der Waals surface area (Å²) in [6.45, 7) is 8.02. The Balaban J connectivity index is 1.83. The molecule has 0 spiro atoms. The SMILES string of the molecule is CCN1CCCC1CNC(N)=NCc1ccc(OC)c(C)c1. The molecule has 0 amide bonds. The second-order valence-corrected chi connectivity index (χ2v) is 5.81. The number of aliphatic imine (C=N–C) groups is 1. The number of benzene rings is 1. The van der Waals surface area contributed by atoms with Gasteiger partial charge in [-0.2, -0.15) is 0 Å². The minimum Gasteiger partial charge on any atom is -0.496 e. The molecular formula is C17H28N4O. The summed E-state index contributed by atoms with van der Waals surface area (Å²) in [7, 11) is 1.69. The lowest BCUT2D eigenvalue weighted by atomic mass is 10.1. The summed E-state index contributed by atoms with van der Waals surface area (Å²) in [5.74, 6) is 1.43. The highest BCUT2D eigenvalue weighted by Crippen LogP contribution is 2.19. The van der Waals surface area contributed by atoms with E-state index in [0.29, 0.717) is 18.5 Å². The molecule has 22 heavy (non-hydrogen) atoms. The Labute approximate surface area is 133 Å². The number of likely N-dealkylation sites (tertiary alicyclic amines) is 1. The van der Waals surface area contributed by atoms with E-state index in [1.165, 1.54) is 19.4 Å². The average molecular weight is 304 g/mol. The van der Waals surface area contributed by atoms with Gasteiger partial charge in [0.2, 0.25) is 0 Å². The van der Waals surface area contributed by atoms with Gasteiger partial charge in [-0.3, -0.25) is 4.90 Å². The van der Waals surface area contributed by atoms with Crippen molar-refractivity contribution in [2.24, 2.45) is 10.7 Å². The molecule has 3 N–H and O–H groups in total. The highest BCUT2D eigenvalue weighted by Gasteiger charge is 2.22. The summed E-state index contributed by atoms with van der Waals surface area (Å²) in [6.07, 6.45) is 2.52. The molecule has 1 saturated heterocycles. The zero-order valence-electron chi connectivity index (χ0n) is 13.9. The number of rotatable bonds is 6. The molecule has 1 aliphatic rings. The third-order valence-electron chi connectivity index (χ3n) is 4.32. The molecular weight excluding hydrogens is 276 g/mol. The van der Waals surface area contributed by atoms with Crippen LogP contribution >= 0.6 is 0 Å². The smallest absolute Gasteiger partial charge is 0.188 e. The molecule has 0 saturated carbocycles. The fourth-order valence-corrected chi connectivity index (χ4v) is 3.04. The summed E-state index contributed by atoms with van der Waals surface area (Å²) in [5, 5.41) is 3.26. The first-order valence-electron chi connectivity index (χ1n) is 8.05. The molecule has 0 bridgehead atoms. The van der Waals surface area contributed by atoms with Crippen LogP contribution in [0.1, 0.15) is 30.9 Å². The zero-order chi connectivity index (χ0) is 15.9. The molecule has 5 heteroatoms. The van der Waals surface area contributed by atoms with Crippen molar-refractivity contribution in [2.45, 2.75) is 39.3 Å². The van der Waals surface area contributed by atoms with Gasteiger partial charge < -0.3 is 15.8 Å². The number of likely N-dealkylation sites (N-methyl/N-ethyl adjacent to an activating group) is 1. The molecule has 1 aromatic carbocycles. The summed E-state index contributed by atoms with van der Waals surface area (Å²) >= 11 is 0. The van der Waals surface area contributed by atoms with Gasteiger partial charge in [-0.05, 0) is 50.0 Å². The van der Waals surface area contributed by atoms with Crippen molar-refractivity contribution in [3.05, 3.63) is 29.3 Å². The van der Waals surface area contributed by atoms with Crippen LogP contribution in [0.2, 0.25) is 0 Å². The van der Waals surface area contributed by atoms with Gasteiger partial charge in [0.25, 0.3) is 0 Å². The molecule has 0 aromatic heterocycles. The van der Waals surface area contributed by atoms with Crippen LogP contribution in [0.3, 0.4) is 0 Å². The van der Waals surface area contributed by atoms with Crippen LogP contribution in [0, 0.1) is 6.92 Å². The summed E-state index contributed by atoms with van der Waals surface area (Å²) < 4.78 is 5.26. The highest BCUT2D eigenvalue weighted by molar-refractivity contribution is 5.77. The molecule has 0 aliphatic carbocycles. The van der Waals surface area contributed by atoms with Crippen LogP contribution in [-0.2, 0) is 6.54 Å². The predicted molar refractivity (Wildman–Crippen MR) is 91.3 cm³/mol. The first-order chi connectivity index (χ1) is 10.6. The van der Waals surface area contributed by atoms with Gasteiger partial charge in [-0.25, -0.2) is 4.99 Å². The first-order valence-corrected chi connectivity index (χ1v) is 8.05. The van der Waals surface area contributed by atoms with Crippen molar-refractivity contribution < 1.29 is 4.74 Å². The number of nitrogens with two attached hydrogens (primary N) is 1. The monoisotopic (exact) mass is 304 g/mol. The largest absolute Gasteiger partial charge is 0.496 e. The maximum absolute atomic E-state index is 5.98. The molecule has 1 aliphatic heterocycles. The van der Waals surface area contributed by atoms with E-state index in [-0.39, 0.29) is 0 Å². The lowest BCUT2D eigenvalue weighted by molar-refractivity contribution is 0.267. The van der Waals surface area contributed by atoms with Crippen molar-refractivity contribution in [3.8, 4) is 5.75 Å². The third kappa shape index (κ3) is 4.37. The van der Waals surface area contributed by atoms with Gasteiger partial charge >= 0.3 is 0 Å². The topological polar surface area (TPSA) is 62.9 Å². The molecule has 122 valence electrons. The van der Waals surface area contributed by atoms with E-state index < -0.39 is 0 Å². The van der Waals surface area contributed by atoms with Crippen LogP contribution in [0.4, 0.5) is 0 Å². The van der Waals surface area contributed by atoms with Crippen molar-refractivity contribution in [2.75, 3.05) is 26.7 Å². The Kier molecular flexibility index (Phi) is 6.07. The number of nitrogens with one attached hydrogen (secondary N) is 1. The zero-order valence-corrected chi connectivity index (χ0v) is 13.9. The van der Waals surface area contributed by atoms with Crippen LogP contribution in [0.5, 0.6) is 5.75 Å². The summed E-state index contributed by atoms with van der Waals surface area (Å²) in [4.78, 5) is 6.92. The minimum absolute atomic E-state index is 0.524. The highest BCUT2D eigenvalue weighted by atomic mass is 16.5. The number of hydrogen-bond acceptors (Lipinski definition) is 3. The van der Waals surface area contributed by atoms with E-state index in [1.54, 1.807) is 7.11 Å². The normalized spacial score (nSPS) is 19.4. The lowest BCUT2D eigenvalue weighted by Crippen LogP contribution is -2.42. The van der Waals surface area contributed by atoms with E-state index in [4.69, 9.17) is 10.5 Å². The van der Waals surface area contributed by atoms with E-state index in [0.717, 1.165) is 30.0 Å². The van der Waals surface area contributed by atoms with Gasteiger partial charge in [0.05, 0.1) is 13.7 Å². The van der Waals surface area contributed by atoms with Crippen LogP contribution < -0.4 is 15.8 Å². The maximum Gasteiger partial charge on any atom is 0.188 e. The number of nitrogens with zero attached hydrogens (tertiary/aromatic N) is 2. The van der Waals surface area contributed by atoms with Crippen molar-refractivity contribution in [1.29, 1.82) is 0 Å². The Hall–Kier alpha value is -1.75. The maximum atomic E-state index is 5.98. The molecule has 1 unspecified atom stereocenters. The number of hydrogen-bond donors (Lipinski definition) is 2.